The van der Waals surface area contributed by atoms with Crippen LogP contribution in [0.15, 0.2) is 42.0 Å². The zero-order valence-corrected chi connectivity index (χ0v) is 18.9. The predicted octanol–water partition coefficient (Wildman–Crippen LogP) is 4.77. The normalized spacial score (nSPS) is 20.5. The van der Waals surface area contributed by atoms with Crippen molar-refractivity contribution in [3.8, 4) is 23.0 Å². The number of benzene rings is 2. The summed E-state index contributed by atoms with van der Waals surface area (Å²) in [5.41, 5.74) is 2.23. The highest BCUT2D eigenvalue weighted by Crippen LogP contribution is 2.51. The summed E-state index contributed by atoms with van der Waals surface area (Å²) in [4.78, 5) is 13.3. The average molecular weight is 437 g/mol. The van der Waals surface area contributed by atoms with Gasteiger partial charge in [0.15, 0.2) is 12.2 Å². The number of Topliss-reactive ketones (excluding diaryl/α,β-unsaturated/α-hetero) is 1. The van der Waals surface area contributed by atoms with Gasteiger partial charge in [-0.15, -0.1) is 0 Å². The molecule has 0 saturated heterocycles. The van der Waals surface area contributed by atoms with E-state index < -0.39 is 23.6 Å². The maximum Gasteiger partial charge on any atom is 0.202 e. The monoisotopic (exact) mass is 436 g/mol. The van der Waals surface area contributed by atoms with Crippen LogP contribution in [0.25, 0.3) is 6.08 Å². The molecule has 2 heterocycles. The molecule has 0 fully saturated rings. The highest BCUT2D eigenvalue weighted by Gasteiger charge is 2.43. The van der Waals surface area contributed by atoms with Gasteiger partial charge in [0, 0.05) is 5.56 Å². The van der Waals surface area contributed by atoms with Gasteiger partial charge in [-0.05, 0) is 64.0 Å². The summed E-state index contributed by atoms with van der Waals surface area (Å²) in [6.07, 6.45) is 3.68. The minimum atomic E-state index is -1.46. The smallest absolute Gasteiger partial charge is 0.202 e. The molecule has 4 rings (SSSR count). The van der Waals surface area contributed by atoms with E-state index in [1.807, 2.05) is 39.8 Å². The summed E-state index contributed by atoms with van der Waals surface area (Å²) in [5.74, 6) is 0.582. The van der Waals surface area contributed by atoms with Gasteiger partial charge >= 0.3 is 0 Å². The molecule has 2 aliphatic heterocycles. The molecule has 2 aromatic rings. The molecule has 0 spiro atoms. The Morgan fingerprint density at radius 1 is 1.19 bits per heavy atom. The highest BCUT2D eigenvalue weighted by molar-refractivity contribution is 6.07. The minimum Gasteiger partial charge on any atom is -0.506 e. The molecule has 0 aliphatic carbocycles. The zero-order chi connectivity index (χ0) is 23.2. The van der Waals surface area contributed by atoms with E-state index in [0.29, 0.717) is 34.6 Å². The molecule has 2 aliphatic rings. The highest BCUT2D eigenvalue weighted by atomic mass is 16.5. The molecule has 0 radical (unpaired) electrons. The molecule has 6 nitrogen and oxygen atoms in total. The number of ether oxygens (including phenoxy) is 3. The number of methoxy groups -OCH3 is 1. The molecule has 0 amide bonds. The Balaban J connectivity index is 1.91. The second-order valence-electron chi connectivity index (χ2n) is 8.92. The van der Waals surface area contributed by atoms with E-state index in [-0.39, 0.29) is 17.1 Å². The van der Waals surface area contributed by atoms with Gasteiger partial charge in [0.2, 0.25) is 5.78 Å². The number of phenols is 1. The molecule has 6 heteroatoms. The number of phenolic OH excluding ortho intramolecular Hbond substituents is 1. The van der Waals surface area contributed by atoms with E-state index in [1.54, 1.807) is 37.5 Å². The Kier molecular flexibility index (Phi) is 5.51. The van der Waals surface area contributed by atoms with Crippen molar-refractivity contribution >= 4 is 11.9 Å². The molecule has 2 atom stereocenters. The van der Waals surface area contributed by atoms with Crippen molar-refractivity contribution in [3.05, 3.63) is 64.2 Å². The first kappa shape index (κ1) is 22.0. The lowest BCUT2D eigenvalue weighted by atomic mass is 9.87. The molecule has 32 heavy (non-hydrogen) atoms. The molecular weight excluding hydrogens is 408 g/mol. The largest absolute Gasteiger partial charge is 0.506 e. The van der Waals surface area contributed by atoms with E-state index in [4.69, 9.17) is 14.2 Å². The quantitative estimate of drug-likeness (QED) is 0.672. The predicted molar refractivity (Wildman–Crippen MR) is 122 cm³/mol. The van der Waals surface area contributed by atoms with Crippen LogP contribution in [0.3, 0.4) is 0 Å². The Morgan fingerprint density at radius 2 is 1.88 bits per heavy atom. The van der Waals surface area contributed by atoms with Gasteiger partial charge in [-0.3, -0.25) is 4.79 Å². The number of carbonyl (C=O) groups excluding carboxylic acids is 1. The summed E-state index contributed by atoms with van der Waals surface area (Å²) in [7, 11) is 1.57. The molecule has 2 aromatic carbocycles. The molecule has 2 unspecified atom stereocenters. The van der Waals surface area contributed by atoms with Gasteiger partial charge in [-0.2, -0.15) is 0 Å². The Morgan fingerprint density at radius 3 is 2.50 bits per heavy atom. The van der Waals surface area contributed by atoms with Gasteiger partial charge in [-0.25, -0.2) is 0 Å². The number of carbonyl (C=O) groups is 1. The first-order chi connectivity index (χ1) is 15.1. The van der Waals surface area contributed by atoms with Crippen molar-refractivity contribution in [3.63, 3.8) is 0 Å². The van der Waals surface area contributed by atoms with E-state index in [1.165, 1.54) is 0 Å². The van der Waals surface area contributed by atoms with Crippen LogP contribution in [-0.2, 0) is 6.42 Å². The van der Waals surface area contributed by atoms with E-state index in [0.717, 1.165) is 5.57 Å². The van der Waals surface area contributed by atoms with E-state index in [9.17, 15) is 15.0 Å². The third-order valence-electron chi connectivity index (χ3n) is 5.73. The molecule has 2 N–H and O–H groups in total. The van der Waals surface area contributed by atoms with Crippen LogP contribution in [0.1, 0.15) is 60.8 Å². The Labute approximate surface area is 187 Å². The Bertz CT molecular complexity index is 1120. The number of allylic oxidation sites excluding steroid dienone is 2. The fourth-order valence-corrected chi connectivity index (χ4v) is 3.99. The zero-order valence-electron chi connectivity index (χ0n) is 18.9. The van der Waals surface area contributed by atoms with Crippen LogP contribution in [0.5, 0.6) is 23.0 Å². The molecule has 168 valence electrons. The fourth-order valence-electron chi connectivity index (χ4n) is 3.99. The number of hydrogen-bond donors (Lipinski definition) is 2. The number of fused-ring (bicyclic) bond motifs is 2. The number of aliphatic hydroxyl groups is 1. The van der Waals surface area contributed by atoms with Crippen molar-refractivity contribution in [2.75, 3.05) is 7.11 Å². The van der Waals surface area contributed by atoms with Gasteiger partial charge in [-0.1, -0.05) is 23.8 Å². The average Bonchev–Trinajstić information content (AvgIpc) is 2.75. The SMILES string of the molecule is COc1ccc(C2Oc3c(CC=C(C)C)c4c(c(O)c3C(=O)C2O)C=CC(C)(C)O4)cc1. The van der Waals surface area contributed by atoms with Crippen molar-refractivity contribution in [2.45, 2.75) is 51.9 Å². The second kappa shape index (κ2) is 8.02. The maximum atomic E-state index is 13.3. The van der Waals surface area contributed by atoms with E-state index in [2.05, 4.69) is 0 Å². The van der Waals surface area contributed by atoms with Crippen molar-refractivity contribution in [2.24, 2.45) is 0 Å². The summed E-state index contributed by atoms with van der Waals surface area (Å²) in [6, 6.07) is 7.00. The third kappa shape index (κ3) is 3.75. The van der Waals surface area contributed by atoms with Crippen molar-refractivity contribution < 1.29 is 29.2 Å². The van der Waals surface area contributed by atoms with Crippen LogP contribution in [0.4, 0.5) is 0 Å². The Hall–Kier alpha value is -3.25. The lowest BCUT2D eigenvalue weighted by Gasteiger charge is -2.35. The number of aliphatic hydroxyl groups excluding tert-OH is 1. The summed E-state index contributed by atoms with van der Waals surface area (Å²) in [6.45, 7) is 7.81. The number of hydrogen-bond acceptors (Lipinski definition) is 6. The fraction of sp³-hybridized carbons (Fsp3) is 0.346. The van der Waals surface area contributed by atoms with Crippen molar-refractivity contribution in [1.82, 2.24) is 0 Å². The molecule has 0 saturated carbocycles. The van der Waals surface area contributed by atoms with Crippen molar-refractivity contribution in [1.29, 1.82) is 0 Å². The molecular formula is C26H28O6. The van der Waals surface area contributed by atoms with Crippen LogP contribution in [-0.4, -0.2) is 34.8 Å². The first-order valence-corrected chi connectivity index (χ1v) is 10.6. The third-order valence-corrected chi connectivity index (χ3v) is 5.73. The summed E-state index contributed by atoms with van der Waals surface area (Å²) >= 11 is 0. The number of aromatic hydroxyl groups is 1. The van der Waals surface area contributed by atoms with Gasteiger partial charge < -0.3 is 24.4 Å². The number of ketones is 1. The van der Waals surface area contributed by atoms with Crippen LogP contribution in [0.2, 0.25) is 0 Å². The van der Waals surface area contributed by atoms with Crippen LogP contribution < -0.4 is 14.2 Å². The minimum absolute atomic E-state index is 0.00822. The van der Waals surface area contributed by atoms with E-state index >= 15 is 0 Å². The van der Waals surface area contributed by atoms with Crippen LogP contribution in [0, 0.1) is 0 Å². The standard InChI is InChI=1S/C26H28O6/c1-14(2)6-11-18-24-17(12-13-26(3,4)32-24)20(27)19-21(28)22(29)23(31-25(18)19)15-7-9-16(30-5)10-8-15/h6-10,12-13,22-23,27,29H,11H2,1-5H3. The van der Waals surface area contributed by atoms with Crippen LogP contribution >= 0.6 is 0 Å². The lowest BCUT2D eigenvalue weighted by Crippen LogP contribution is -2.37. The lowest BCUT2D eigenvalue weighted by molar-refractivity contribution is 0.0204. The molecule has 0 bridgehead atoms. The summed E-state index contributed by atoms with van der Waals surface area (Å²) < 4.78 is 17.7. The van der Waals surface area contributed by atoms with Gasteiger partial charge in [0.25, 0.3) is 0 Å². The molecule has 0 aromatic heterocycles. The van der Waals surface area contributed by atoms with Gasteiger partial charge in [0.1, 0.15) is 34.2 Å². The second-order valence-corrected chi connectivity index (χ2v) is 8.92. The summed E-state index contributed by atoms with van der Waals surface area (Å²) in [5, 5.41) is 21.8. The van der Waals surface area contributed by atoms with Gasteiger partial charge in [0.05, 0.1) is 12.7 Å². The topological polar surface area (TPSA) is 85.2 Å². The number of rotatable bonds is 4. The first-order valence-electron chi connectivity index (χ1n) is 10.6. The maximum absolute atomic E-state index is 13.3.